The number of hydrogen-bond donors (Lipinski definition) is 3. The van der Waals surface area contributed by atoms with Crippen molar-refractivity contribution in [3.63, 3.8) is 0 Å². The number of amides is 1. The van der Waals surface area contributed by atoms with E-state index in [9.17, 15) is 4.79 Å². The van der Waals surface area contributed by atoms with Gasteiger partial charge in [0.25, 0.3) is 5.91 Å². The van der Waals surface area contributed by atoms with Crippen LogP contribution in [0, 0.1) is 0 Å². The molecule has 1 aromatic heterocycles. The Morgan fingerprint density at radius 1 is 1.67 bits per heavy atom. The summed E-state index contributed by atoms with van der Waals surface area (Å²) < 4.78 is 0. The number of aliphatic hydroxyl groups is 1. The molecule has 0 fully saturated rings. The Morgan fingerprint density at radius 2 is 2.40 bits per heavy atom. The molecule has 6 nitrogen and oxygen atoms in total. The van der Waals surface area contributed by atoms with Crippen LogP contribution in [-0.4, -0.2) is 38.8 Å². The van der Waals surface area contributed by atoms with Crippen molar-refractivity contribution in [3.05, 3.63) is 11.6 Å². The molecule has 1 aromatic rings. The van der Waals surface area contributed by atoms with E-state index in [1.165, 1.54) is 0 Å². The van der Waals surface area contributed by atoms with Gasteiger partial charge in [-0.2, -0.15) is 0 Å². The van der Waals surface area contributed by atoms with E-state index in [-0.39, 0.29) is 11.7 Å². The zero-order valence-electron chi connectivity index (χ0n) is 8.95. The summed E-state index contributed by atoms with van der Waals surface area (Å²) in [5, 5.41) is 18.1. The lowest BCUT2D eigenvalue weighted by Crippen LogP contribution is -2.27. The first-order valence-corrected chi connectivity index (χ1v) is 5.01. The second-order valence-electron chi connectivity index (χ2n) is 3.35. The Morgan fingerprint density at radius 3 is 2.93 bits per heavy atom. The number of aromatic nitrogens is 3. The highest BCUT2D eigenvalue weighted by Gasteiger charge is 2.10. The van der Waals surface area contributed by atoms with Crippen molar-refractivity contribution in [3.8, 4) is 0 Å². The lowest BCUT2D eigenvalue weighted by atomic mass is 10.3. The van der Waals surface area contributed by atoms with Crippen LogP contribution < -0.4 is 5.32 Å². The minimum absolute atomic E-state index is 0.150. The lowest BCUT2D eigenvalue weighted by Gasteiger charge is -2.03. The topological polar surface area (TPSA) is 90.9 Å². The van der Waals surface area contributed by atoms with Gasteiger partial charge in [0.05, 0.1) is 6.10 Å². The predicted octanol–water partition coefficient (Wildman–Crippen LogP) is -0.132. The van der Waals surface area contributed by atoms with E-state index in [0.29, 0.717) is 25.2 Å². The van der Waals surface area contributed by atoms with Gasteiger partial charge in [-0.25, -0.2) is 4.98 Å². The SMILES string of the molecule is CCc1nc(C(=O)NCCC(C)O)n[nH]1. The summed E-state index contributed by atoms with van der Waals surface area (Å²) in [6.07, 6.45) is 0.828. The first-order chi connectivity index (χ1) is 7.13. The fraction of sp³-hybridized carbons (Fsp3) is 0.667. The normalized spacial score (nSPS) is 12.5. The first kappa shape index (κ1) is 11.6. The number of rotatable bonds is 5. The molecule has 1 heterocycles. The van der Waals surface area contributed by atoms with Gasteiger partial charge in [-0.1, -0.05) is 6.92 Å². The molecule has 0 aliphatic rings. The van der Waals surface area contributed by atoms with E-state index in [1.807, 2.05) is 6.92 Å². The average Bonchev–Trinajstić information content (AvgIpc) is 2.65. The molecule has 84 valence electrons. The minimum Gasteiger partial charge on any atom is -0.393 e. The van der Waals surface area contributed by atoms with Crippen molar-refractivity contribution in [1.82, 2.24) is 20.5 Å². The summed E-state index contributed by atoms with van der Waals surface area (Å²) >= 11 is 0. The number of aromatic amines is 1. The summed E-state index contributed by atoms with van der Waals surface area (Å²) in [4.78, 5) is 15.4. The number of carbonyl (C=O) groups is 1. The van der Waals surface area contributed by atoms with Gasteiger partial charge in [-0.05, 0) is 13.3 Å². The number of H-pyrrole nitrogens is 1. The first-order valence-electron chi connectivity index (χ1n) is 5.01. The maximum absolute atomic E-state index is 11.4. The molecule has 0 aromatic carbocycles. The summed E-state index contributed by atoms with van der Waals surface area (Å²) in [7, 11) is 0. The van der Waals surface area contributed by atoms with E-state index in [4.69, 9.17) is 5.11 Å². The highest BCUT2D eigenvalue weighted by molar-refractivity contribution is 5.90. The van der Waals surface area contributed by atoms with Gasteiger partial charge in [0, 0.05) is 13.0 Å². The van der Waals surface area contributed by atoms with Gasteiger partial charge in [-0.15, -0.1) is 5.10 Å². The third-order valence-corrected chi connectivity index (χ3v) is 1.92. The highest BCUT2D eigenvalue weighted by Crippen LogP contribution is 1.94. The molecule has 15 heavy (non-hydrogen) atoms. The summed E-state index contributed by atoms with van der Waals surface area (Å²) in [5.74, 6) is 0.528. The van der Waals surface area contributed by atoms with E-state index >= 15 is 0 Å². The van der Waals surface area contributed by atoms with Crippen LogP contribution in [-0.2, 0) is 6.42 Å². The molecule has 0 saturated heterocycles. The van der Waals surface area contributed by atoms with E-state index < -0.39 is 6.10 Å². The molecule has 1 unspecified atom stereocenters. The third kappa shape index (κ3) is 3.67. The summed E-state index contributed by atoms with van der Waals surface area (Å²) in [5.41, 5.74) is 0. The van der Waals surface area contributed by atoms with Crippen LogP contribution in [0.5, 0.6) is 0 Å². The molecule has 1 atom stereocenters. The fourth-order valence-corrected chi connectivity index (χ4v) is 1.03. The van der Waals surface area contributed by atoms with Crippen molar-refractivity contribution in [1.29, 1.82) is 0 Å². The summed E-state index contributed by atoms with van der Waals surface area (Å²) in [6.45, 7) is 4.02. The van der Waals surface area contributed by atoms with E-state index in [0.717, 1.165) is 0 Å². The van der Waals surface area contributed by atoms with Crippen LogP contribution in [0.3, 0.4) is 0 Å². The Bertz CT molecular complexity index is 322. The van der Waals surface area contributed by atoms with Crippen LogP contribution in [0.25, 0.3) is 0 Å². The number of nitrogens with one attached hydrogen (secondary N) is 2. The van der Waals surface area contributed by atoms with Crippen LogP contribution in [0.15, 0.2) is 0 Å². The van der Waals surface area contributed by atoms with E-state index in [2.05, 4.69) is 20.5 Å². The predicted molar refractivity (Wildman–Crippen MR) is 54.4 cm³/mol. The zero-order valence-corrected chi connectivity index (χ0v) is 8.95. The molecular weight excluding hydrogens is 196 g/mol. The molecule has 6 heteroatoms. The van der Waals surface area contributed by atoms with Crippen molar-refractivity contribution >= 4 is 5.91 Å². The molecule has 1 amide bonds. The van der Waals surface area contributed by atoms with Crippen LogP contribution in [0.2, 0.25) is 0 Å². The summed E-state index contributed by atoms with van der Waals surface area (Å²) in [6, 6.07) is 0. The van der Waals surface area contributed by atoms with Gasteiger partial charge < -0.3 is 10.4 Å². The van der Waals surface area contributed by atoms with Gasteiger partial charge in [0.15, 0.2) is 0 Å². The standard InChI is InChI=1S/C9H16N4O2/c1-3-7-11-8(13-12-7)9(15)10-5-4-6(2)14/h6,14H,3-5H2,1-2H3,(H,10,15)(H,11,12,13). The third-order valence-electron chi connectivity index (χ3n) is 1.92. The number of hydrogen-bond acceptors (Lipinski definition) is 4. The van der Waals surface area contributed by atoms with Gasteiger partial charge >= 0.3 is 0 Å². The van der Waals surface area contributed by atoms with Crippen LogP contribution in [0.1, 0.15) is 36.7 Å². The largest absolute Gasteiger partial charge is 0.393 e. The molecule has 0 saturated carbocycles. The molecule has 3 N–H and O–H groups in total. The second kappa shape index (κ2) is 5.45. The monoisotopic (exact) mass is 212 g/mol. The molecule has 0 aliphatic carbocycles. The molecule has 0 radical (unpaired) electrons. The lowest BCUT2D eigenvalue weighted by molar-refractivity contribution is 0.0935. The van der Waals surface area contributed by atoms with Crippen molar-refractivity contribution in [2.45, 2.75) is 32.8 Å². The fourth-order valence-electron chi connectivity index (χ4n) is 1.03. The maximum atomic E-state index is 11.4. The molecule has 0 spiro atoms. The highest BCUT2D eigenvalue weighted by atomic mass is 16.3. The smallest absolute Gasteiger partial charge is 0.290 e. The Labute approximate surface area is 88.1 Å². The number of nitrogens with zero attached hydrogens (tertiary/aromatic N) is 2. The van der Waals surface area contributed by atoms with Crippen molar-refractivity contribution in [2.24, 2.45) is 0 Å². The Hall–Kier alpha value is -1.43. The average molecular weight is 212 g/mol. The molecule has 0 aliphatic heterocycles. The zero-order chi connectivity index (χ0) is 11.3. The maximum Gasteiger partial charge on any atom is 0.290 e. The van der Waals surface area contributed by atoms with Crippen molar-refractivity contribution in [2.75, 3.05) is 6.54 Å². The Kier molecular flexibility index (Phi) is 4.23. The van der Waals surface area contributed by atoms with E-state index in [1.54, 1.807) is 6.92 Å². The molecule has 1 rings (SSSR count). The van der Waals surface area contributed by atoms with Gasteiger partial charge in [0.2, 0.25) is 5.82 Å². The minimum atomic E-state index is -0.413. The molecular formula is C9H16N4O2. The number of aryl methyl sites for hydroxylation is 1. The second-order valence-corrected chi connectivity index (χ2v) is 3.35. The Balaban J connectivity index is 2.40. The van der Waals surface area contributed by atoms with Crippen LogP contribution >= 0.6 is 0 Å². The number of carbonyl (C=O) groups excluding carboxylic acids is 1. The quantitative estimate of drug-likeness (QED) is 0.634. The van der Waals surface area contributed by atoms with Crippen molar-refractivity contribution < 1.29 is 9.90 Å². The molecule has 0 bridgehead atoms. The number of aliphatic hydroxyl groups excluding tert-OH is 1. The van der Waals surface area contributed by atoms with Gasteiger partial charge in [-0.3, -0.25) is 9.89 Å². The van der Waals surface area contributed by atoms with Gasteiger partial charge in [0.1, 0.15) is 5.82 Å². The van der Waals surface area contributed by atoms with Crippen LogP contribution in [0.4, 0.5) is 0 Å².